The molecule has 0 fully saturated rings. The molecule has 0 saturated heterocycles. The van der Waals surface area contributed by atoms with Crippen molar-refractivity contribution in [3.8, 4) is 0 Å². The van der Waals surface area contributed by atoms with E-state index < -0.39 is 4.92 Å². The van der Waals surface area contributed by atoms with Gasteiger partial charge in [-0.05, 0) is 24.5 Å². The van der Waals surface area contributed by atoms with Gasteiger partial charge in [0.15, 0.2) is 0 Å². The van der Waals surface area contributed by atoms with Crippen LogP contribution in [0.5, 0.6) is 0 Å². The van der Waals surface area contributed by atoms with E-state index in [1.165, 1.54) is 16.7 Å². The van der Waals surface area contributed by atoms with Crippen LogP contribution < -0.4 is 10.6 Å². The molecule has 0 radical (unpaired) electrons. The van der Waals surface area contributed by atoms with Crippen molar-refractivity contribution in [3.05, 3.63) is 57.8 Å². The Bertz CT molecular complexity index is 771. The van der Waals surface area contributed by atoms with E-state index >= 15 is 0 Å². The van der Waals surface area contributed by atoms with E-state index in [1.807, 2.05) is 4.90 Å². The standard InChI is InChI=1S/C16H17N5O2/c1-11-2-4-12(5-3-11)13-6-8-20(9-7-13)16-18-10-14(21(22)23)15(17)19-16/h2-6,10H,7-9H2,1H3,(H2,17,18,19). The van der Waals surface area contributed by atoms with E-state index in [0.29, 0.717) is 12.5 Å². The SMILES string of the molecule is Cc1ccc(C2=CCN(c3ncc([N+](=O)[O-])c(N)n3)CC2)cc1. The van der Waals surface area contributed by atoms with Crippen molar-refractivity contribution < 1.29 is 4.92 Å². The first-order chi connectivity index (χ1) is 11.0. The molecule has 0 amide bonds. The fraction of sp³-hybridized carbons (Fsp3) is 0.250. The lowest BCUT2D eigenvalue weighted by Gasteiger charge is -2.26. The van der Waals surface area contributed by atoms with Crippen LogP contribution in [0.2, 0.25) is 0 Å². The quantitative estimate of drug-likeness (QED) is 0.691. The number of benzene rings is 1. The van der Waals surface area contributed by atoms with Gasteiger partial charge >= 0.3 is 5.69 Å². The molecule has 2 heterocycles. The predicted molar refractivity (Wildman–Crippen MR) is 89.1 cm³/mol. The number of hydrogen-bond acceptors (Lipinski definition) is 6. The maximum atomic E-state index is 10.8. The first-order valence-corrected chi connectivity index (χ1v) is 7.32. The molecule has 2 aromatic rings. The first kappa shape index (κ1) is 15.0. The molecule has 0 atom stereocenters. The summed E-state index contributed by atoms with van der Waals surface area (Å²) in [5, 5.41) is 10.8. The van der Waals surface area contributed by atoms with Gasteiger partial charge in [0.25, 0.3) is 0 Å². The van der Waals surface area contributed by atoms with Crippen LogP contribution in [0.25, 0.3) is 5.57 Å². The van der Waals surface area contributed by atoms with Gasteiger partial charge in [-0.1, -0.05) is 35.9 Å². The summed E-state index contributed by atoms with van der Waals surface area (Å²) in [6.45, 7) is 3.47. The Kier molecular flexibility index (Phi) is 3.92. The summed E-state index contributed by atoms with van der Waals surface area (Å²) < 4.78 is 0. The number of nitrogens with two attached hydrogens (primary N) is 1. The highest BCUT2D eigenvalue weighted by molar-refractivity contribution is 5.68. The monoisotopic (exact) mass is 311 g/mol. The fourth-order valence-electron chi connectivity index (χ4n) is 2.55. The van der Waals surface area contributed by atoms with Crippen molar-refractivity contribution in [3.63, 3.8) is 0 Å². The van der Waals surface area contributed by atoms with E-state index in [2.05, 4.69) is 47.2 Å². The lowest BCUT2D eigenvalue weighted by molar-refractivity contribution is -0.384. The van der Waals surface area contributed by atoms with Crippen LogP contribution in [0.1, 0.15) is 17.5 Å². The largest absolute Gasteiger partial charge is 0.378 e. The molecule has 0 unspecified atom stereocenters. The second-order valence-corrected chi connectivity index (χ2v) is 5.49. The average Bonchev–Trinajstić information content (AvgIpc) is 2.55. The maximum Gasteiger partial charge on any atom is 0.329 e. The number of nitro groups is 1. The molecule has 7 heteroatoms. The minimum Gasteiger partial charge on any atom is -0.378 e. The first-order valence-electron chi connectivity index (χ1n) is 7.32. The van der Waals surface area contributed by atoms with Crippen LogP contribution in [-0.2, 0) is 0 Å². The minimum absolute atomic E-state index is 0.103. The third-order valence-corrected chi connectivity index (χ3v) is 3.90. The van der Waals surface area contributed by atoms with Gasteiger partial charge in [0.05, 0.1) is 4.92 Å². The van der Waals surface area contributed by atoms with Crippen LogP contribution in [0.3, 0.4) is 0 Å². The van der Waals surface area contributed by atoms with Crippen LogP contribution >= 0.6 is 0 Å². The molecule has 0 spiro atoms. The Balaban J connectivity index is 1.77. The topological polar surface area (TPSA) is 98.2 Å². The van der Waals surface area contributed by atoms with Gasteiger partial charge in [-0.2, -0.15) is 4.98 Å². The Labute approximate surface area is 133 Å². The number of anilines is 2. The average molecular weight is 311 g/mol. The molecular weight excluding hydrogens is 294 g/mol. The minimum atomic E-state index is -0.579. The van der Waals surface area contributed by atoms with Crippen LogP contribution in [0.15, 0.2) is 36.5 Å². The second kappa shape index (κ2) is 6.04. The number of nitrogen functional groups attached to an aromatic ring is 1. The Hall–Kier alpha value is -2.96. The second-order valence-electron chi connectivity index (χ2n) is 5.49. The summed E-state index contributed by atoms with van der Waals surface area (Å²) in [5.74, 6) is 0.320. The molecular formula is C16H17N5O2. The highest BCUT2D eigenvalue weighted by atomic mass is 16.6. The van der Waals surface area contributed by atoms with E-state index in [1.54, 1.807) is 0 Å². The number of aromatic nitrogens is 2. The molecule has 0 aliphatic carbocycles. The van der Waals surface area contributed by atoms with E-state index in [4.69, 9.17) is 5.73 Å². The maximum absolute atomic E-state index is 10.8. The molecule has 3 rings (SSSR count). The van der Waals surface area contributed by atoms with Crippen molar-refractivity contribution >= 4 is 23.0 Å². The predicted octanol–water partition coefficient (Wildman–Crippen LogP) is 2.57. The van der Waals surface area contributed by atoms with Crippen molar-refractivity contribution in [2.75, 3.05) is 23.7 Å². The number of nitrogens with zero attached hydrogens (tertiary/aromatic N) is 4. The zero-order valence-corrected chi connectivity index (χ0v) is 12.8. The summed E-state index contributed by atoms with van der Waals surface area (Å²) >= 11 is 0. The van der Waals surface area contributed by atoms with Crippen molar-refractivity contribution in [1.82, 2.24) is 9.97 Å². The molecule has 7 nitrogen and oxygen atoms in total. The number of aryl methyl sites for hydroxylation is 1. The van der Waals surface area contributed by atoms with Crippen LogP contribution in [0, 0.1) is 17.0 Å². The Morgan fingerprint density at radius 1 is 1.30 bits per heavy atom. The highest BCUT2D eigenvalue weighted by Crippen LogP contribution is 2.26. The van der Waals surface area contributed by atoms with E-state index in [-0.39, 0.29) is 11.5 Å². The molecule has 118 valence electrons. The summed E-state index contributed by atoms with van der Waals surface area (Å²) in [4.78, 5) is 20.2. The molecule has 0 saturated carbocycles. The van der Waals surface area contributed by atoms with E-state index in [0.717, 1.165) is 19.2 Å². The molecule has 1 aliphatic heterocycles. The third-order valence-electron chi connectivity index (χ3n) is 3.90. The van der Waals surface area contributed by atoms with E-state index in [9.17, 15) is 10.1 Å². The molecule has 1 aromatic carbocycles. The van der Waals surface area contributed by atoms with Gasteiger partial charge in [0, 0.05) is 13.1 Å². The van der Waals surface area contributed by atoms with Gasteiger partial charge in [-0.25, -0.2) is 4.98 Å². The van der Waals surface area contributed by atoms with Gasteiger partial charge in [-0.15, -0.1) is 0 Å². The van der Waals surface area contributed by atoms with Crippen molar-refractivity contribution in [2.45, 2.75) is 13.3 Å². The summed E-state index contributed by atoms with van der Waals surface area (Å²) in [6.07, 6.45) is 4.16. The van der Waals surface area contributed by atoms with Gasteiger partial charge in [-0.3, -0.25) is 10.1 Å². The van der Waals surface area contributed by atoms with Gasteiger partial charge in [0.1, 0.15) is 6.20 Å². The van der Waals surface area contributed by atoms with Gasteiger partial charge < -0.3 is 10.6 Å². The normalized spacial score (nSPS) is 14.5. The molecule has 2 N–H and O–H groups in total. The Morgan fingerprint density at radius 3 is 2.61 bits per heavy atom. The zero-order chi connectivity index (χ0) is 16.4. The lowest BCUT2D eigenvalue weighted by Crippen LogP contribution is -2.30. The Morgan fingerprint density at radius 2 is 2.04 bits per heavy atom. The third kappa shape index (κ3) is 3.13. The van der Waals surface area contributed by atoms with Crippen molar-refractivity contribution in [1.29, 1.82) is 0 Å². The lowest BCUT2D eigenvalue weighted by atomic mass is 9.99. The number of hydrogen-bond donors (Lipinski definition) is 1. The molecule has 23 heavy (non-hydrogen) atoms. The smallest absolute Gasteiger partial charge is 0.329 e. The van der Waals surface area contributed by atoms with Gasteiger partial charge in [0.2, 0.25) is 11.8 Å². The molecule has 0 bridgehead atoms. The fourth-order valence-corrected chi connectivity index (χ4v) is 2.55. The van der Waals surface area contributed by atoms with Crippen molar-refractivity contribution in [2.24, 2.45) is 0 Å². The number of rotatable bonds is 3. The highest BCUT2D eigenvalue weighted by Gasteiger charge is 2.19. The summed E-state index contributed by atoms with van der Waals surface area (Å²) in [5.41, 5.74) is 9.11. The van der Waals surface area contributed by atoms with Crippen LogP contribution in [-0.4, -0.2) is 28.0 Å². The molecule has 1 aliphatic rings. The van der Waals surface area contributed by atoms with Crippen LogP contribution in [0.4, 0.5) is 17.5 Å². The summed E-state index contributed by atoms with van der Waals surface area (Å²) in [7, 11) is 0. The summed E-state index contributed by atoms with van der Waals surface area (Å²) in [6, 6.07) is 8.44. The molecule has 1 aromatic heterocycles. The zero-order valence-electron chi connectivity index (χ0n) is 12.8.